The van der Waals surface area contributed by atoms with E-state index in [1.165, 1.54) is 11.5 Å². The lowest BCUT2D eigenvalue weighted by Gasteiger charge is -2.12. The van der Waals surface area contributed by atoms with Crippen molar-refractivity contribution < 1.29 is 4.79 Å². The molecule has 0 aliphatic carbocycles. The molecule has 0 fully saturated rings. The highest BCUT2D eigenvalue weighted by molar-refractivity contribution is 6.32. The highest BCUT2D eigenvalue weighted by atomic mass is 35.5. The highest BCUT2D eigenvalue weighted by Gasteiger charge is 2.26. The Morgan fingerprint density at radius 3 is 2.41 bits per heavy atom. The molecule has 9 heteroatoms. The van der Waals surface area contributed by atoms with E-state index in [1.807, 2.05) is 36.6 Å². The number of hydrogen-bond acceptors (Lipinski definition) is 4. The second-order valence-electron chi connectivity index (χ2n) is 7.18. The van der Waals surface area contributed by atoms with E-state index in [2.05, 4.69) is 4.98 Å². The lowest BCUT2D eigenvalue weighted by molar-refractivity contribution is -0.119. The van der Waals surface area contributed by atoms with Crippen molar-refractivity contribution in [2.45, 2.75) is 33.7 Å². The third kappa shape index (κ3) is 2.52. The average molecular weight is 414 g/mol. The molecule has 1 atom stereocenters. The van der Waals surface area contributed by atoms with Gasteiger partial charge in [0.05, 0.1) is 16.8 Å². The number of nitrogens with zero attached hydrogens (tertiary/aromatic N) is 5. The molecule has 0 aliphatic rings. The first-order valence-corrected chi connectivity index (χ1v) is 9.51. The average Bonchev–Trinajstić information content (AvgIpc) is 3.17. The highest BCUT2D eigenvalue weighted by Crippen LogP contribution is 2.28. The van der Waals surface area contributed by atoms with Gasteiger partial charge in [-0.25, -0.2) is 9.36 Å². The monoisotopic (exact) mass is 413 g/mol. The molecule has 0 spiro atoms. The minimum absolute atomic E-state index is 0.251. The Balaban J connectivity index is 2.23. The molecule has 3 aromatic heterocycles. The molecule has 8 nitrogen and oxygen atoms in total. The number of hydrogen-bond donors (Lipinski definition) is 0. The molecule has 1 aromatic carbocycles. The van der Waals surface area contributed by atoms with Gasteiger partial charge < -0.3 is 0 Å². The summed E-state index contributed by atoms with van der Waals surface area (Å²) < 4.78 is 5.87. The minimum atomic E-state index is -0.872. The first kappa shape index (κ1) is 19.2. The number of Topliss-reactive ketones (excluding diaryl/α,β-unsaturated/α-hetero) is 1. The Bertz CT molecular complexity index is 1440. The Hall–Kier alpha value is -3.13. The van der Waals surface area contributed by atoms with Crippen molar-refractivity contribution in [3.05, 3.63) is 61.5 Å². The molecule has 0 aliphatic heterocycles. The van der Waals surface area contributed by atoms with Crippen LogP contribution < -0.4 is 11.2 Å². The fraction of sp³-hybridized carbons (Fsp3) is 0.300. The summed E-state index contributed by atoms with van der Waals surface area (Å²) in [5, 5.41) is 0.539. The molecule has 0 bridgehead atoms. The van der Waals surface area contributed by atoms with Gasteiger partial charge in [-0.15, -0.1) is 0 Å². The summed E-state index contributed by atoms with van der Waals surface area (Å²) in [5.74, 6) is 0.203. The molecule has 3 heterocycles. The van der Waals surface area contributed by atoms with E-state index in [9.17, 15) is 14.4 Å². The number of benzene rings is 1. The van der Waals surface area contributed by atoms with Gasteiger partial charge in [-0.1, -0.05) is 23.7 Å². The molecule has 4 aromatic rings. The molecule has 29 heavy (non-hydrogen) atoms. The van der Waals surface area contributed by atoms with Crippen molar-refractivity contribution in [3.63, 3.8) is 0 Å². The van der Waals surface area contributed by atoms with E-state index in [0.29, 0.717) is 10.8 Å². The van der Waals surface area contributed by atoms with Crippen LogP contribution in [0.15, 0.2) is 33.9 Å². The summed E-state index contributed by atoms with van der Waals surface area (Å²) in [5.41, 5.74) is 1.76. The number of carbonyl (C=O) groups excluding carboxylic acids is 1. The van der Waals surface area contributed by atoms with Crippen LogP contribution in [0.1, 0.15) is 31.3 Å². The lowest BCUT2D eigenvalue weighted by atomic mass is 10.2. The van der Waals surface area contributed by atoms with Crippen LogP contribution in [0.4, 0.5) is 0 Å². The number of halogens is 1. The predicted molar refractivity (Wildman–Crippen MR) is 111 cm³/mol. The second-order valence-corrected chi connectivity index (χ2v) is 7.59. The molecular weight excluding hydrogens is 394 g/mol. The van der Waals surface area contributed by atoms with Crippen molar-refractivity contribution >= 4 is 34.3 Å². The molecule has 150 valence electrons. The summed E-state index contributed by atoms with van der Waals surface area (Å²) in [6.45, 7) is 6.69. The summed E-state index contributed by atoms with van der Waals surface area (Å²) in [4.78, 5) is 42.6. The van der Waals surface area contributed by atoms with Gasteiger partial charge in [-0.2, -0.15) is 4.98 Å². The van der Waals surface area contributed by atoms with Gasteiger partial charge in [0.15, 0.2) is 16.9 Å². The smallest absolute Gasteiger partial charge is 0.298 e. The van der Waals surface area contributed by atoms with Crippen LogP contribution in [0.3, 0.4) is 0 Å². The molecule has 0 amide bonds. The van der Waals surface area contributed by atoms with Crippen molar-refractivity contribution in [1.29, 1.82) is 0 Å². The zero-order valence-electron chi connectivity index (χ0n) is 16.7. The molecule has 0 N–H and O–H groups in total. The van der Waals surface area contributed by atoms with Crippen molar-refractivity contribution in [2.24, 2.45) is 7.05 Å². The summed E-state index contributed by atoms with van der Waals surface area (Å²) in [7, 11) is 1.54. The lowest BCUT2D eigenvalue weighted by Crippen LogP contribution is -2.42. The SMILES string of the molecule is CC(=O)[C@@H](C)n1c(=O)c2c(nc3n(-c4ccccc4Cl)c(C)c(C)n23)n(C)c1=O. The number of carbonyl (C=O) groups is 1. The largest absolute Gasteiger partial charge is 0.333 e. The van der Waals surface area contributed by atoms with E-state index >= 15 is 0 Å². The van der Waals surface area contributed by atoms with Gasteiger partial charge in [0, 0.05) is 18.4 Å². The summed E-state index contributed by atoms with van der Waals surface area (Å²) in [6, 6.07) is 6.48. The fourth-order valence-corrected chi connectivity index (χ4v) is 3.88. The maximum absolute atomic E-state index is 13.3. The van der Waals surface area contributed by atoms with Crippen LogP contribution in [-0.2, 0) is 11.8 Å². The van der Waals surface area contributed by atoms with Crippen LogP contribution in [-0.4, -0.2) is 28.9 Å². The van der Waals surface area contributed by atoms with Gasteiger partial charge in [-0.05, 0) is 39.8 Å². The Labute approximate surface area is 170 Å². The number of rotatable bonds is 3. The second kappa shape index (κ2) is 6.45. The van der Waals surface area contributed by atoms with Crippen molar-refractivity contribution in [2.75, 3.05) is 0 Å². The molecule has 4 rings (SSSR count). The van der Waals surface area contributed by atoms with E-state index in [4.69, 9.17) is 11.6 Å². The third-order valence-electron chi connectivity index (χ3n) is 5.54. The zero-order chi connectivity index (χ0) is 21.2. The molecule has 0 unspecified atom stereocenters. The first-order valence-electron chi connectivity index (χ1n) is 9.13. The Morgan fingerprint density at radius 2 is 1.79 bits per heavy atom. The van der Waals surface area contributed by atoms with Crippen molar-refractivity contribution in [1.82, 2.24) is 23.1 Å². The van der Waals surface area contributed by atoms with E-state index < -0.39 is 17.3 Å². The van der Waals surface area contributed by atoms with Crippen LogP contribution >= 0.6 is 11.6 Å². The molecule has 0 saturated carbocycles. The number of ketones is 1. The van der Waals surface area contributed by atoms with Gasteiger partial charge in [0.25, 0.3) is 5.56 Å². The van der Waals surface area contributed by atoms with E-state index in [-0.39, 0.29) is 16.9 Å². The van der Waals surface area contributed by atoms with Gasteiger partial charge in [0.1, 0.15) is 0 Å². The standard InChI is InChI=1S/C20H20ClN5O3/c1-10-11(2)25-16-17(22-19(25)24(10)15-9-7-6-8-14(15)21)23(5)20(29)26(18(16)28)12(3)13(4)27/h6-9,12H,1-5H3/t12-/m1/s1. The van der Waals surface area contributed by atoms with E-state index in [1.54, 1.807) is 24.4 Å². The fourth-order valence-electron chi connectivity index (χ4n) is 3.66. The number of aryl methyl sites for hydroxylation is 2. The van der Waals surface area contributed by atoms with Crippen LogP contribution in [0.2, 0.25) is 5.02 Å². The topological polar surface area (TPSA) is 83.3 Å². The van der Waals surface area contributed by atoms with Gasteiger partial charge >= 0.3 is 5.69 Å². The maximum atomic E-state index is 13.3. The van der Waals surface area contributed by atoms with Crippen LogP contribution in [0.5, 0.6) is 0 Å². The first-order chi connectivity index (χ1) is 13.7. The third-order valence-corrected chi connectivity index (χ3v) is 5.86. The number of imidazole rings is 2. The number of aromatic nitrogens is 5. The normalized spacial score (nSPS) is 12.8. The van der Waals surface area contributed by atoms with Crippen LogP contribution in [0.25, 0.3) is 22.6 Å². The maximum Gasteiger partial charge on any atom is 0.333 e. The van der Waals surface area contributed by atoms with Crippen molar-refractivity contribution in [3.8, 4) is 5.69 Å². The number of fused-ring (bicyclic) bond motifs is 3. The zero-order valence-corrected chi connectivity index (χ0v) is 17.5. The Kier molecular flexibility index (Phi) is 4.27. The van der Waals surface area contributed by atoms with E-state index in [0.717, 1.165) is 21.6 Å². The van der Waals surface area contributed by atoms with Crippen LogP contribution in [0, 0.1) is 13.8 Å². The van der Waals surface area contributed by atoms with Gasteiger partial charge in [-0.3, -0.25) is 23.1 Å². The summed E-state index contributed by atoms with van der Waals surface area (Å²) >= 11 is 6.41. The quantitative estimate of drug-likeness (QED) is 0.516. The Morgan fingerprint density at radius 1 is 1.14 bits per heavy atom. The molecule has 0 saturated heterocycles. The predicted octanol–water partition coefficient (Wildman–Crippen LogP) is 2.56. The number of para-hydroxylation sites is 1. The molecule has 0 radical (unpaired) electrons. The molecular formula is C20H20ClN5O3. The van der Waals surface area contributed by atoms with Gasteiger partial charge in [0.2, 0.25) is 5.78 Å². The summed E-state index contributed by atoms with van der Waals surface area (Å²) in [6.07, 6.45) is 0. The minimum Gasteiger partial charge on any atom is -0.298 e.